The van der Waals surface area contributed by atoms with Crippen LogP contribution in [-0.4, -0.2) is 23.4 Å². The van der Waals surface area contributed by atoms with Crippen molar-refractivity contribution in [1.29, 1.82) is 0 Å². The number of nitro groups is 1. The molecule has 2 rings (SSSR count). The molecule has 0 unspecified atom stereocenters. The van der Waals surface area contributed by atoms with Crippen molar-refractivity contribution in [2.75, 3.05) is 11.9 Å². The SMILES string of the molecule is NC(=O)COC(=O)c1cc([N+](=O)[O-])ccc1NCc1ccccc1Cl. The van der Waals surface area contributed by atoms with Crippen molar-refractivity contribution in [1.82, 2.24) is 0 Å². The first-order valence-electron chi connectivity index (χ1n) is 7.09. The molecule has 0 aromatic heterocycles. The molecule has 0 saturated carbocycles. The van der Waals surface area contributed by atoms with E-state index in [0.717, 1.165) is 11.6 Å². The molecule has 2 aromatic carbocycles. The highest BCUT2D eigenvalue weighted by Crippen LogP contribution is 2.24. The molecule has 0 aliphatic carbocycles. The van der Waals surface area contributed by atoms with Crippen molar-refractivity contribution in [2.45, 2.75) is 6.54 Å². The molecule has 0 saturated heterocycles. The first-order valence-corrected chi connectivity index (χ1v) is 7.47. The normalized spacial score (nSPS) is 10.1. The molecule has 0 aliphatic rings. The number of non-ortho nitro benzene ring substituents is 1. The van der Waals surface area contributed by atoms with Crippen LogP contribution in [0.15, 0.2) is 42.5 Å². The number of rotatable bonds is 7. The Balaban J connectivity index is 2.26. The van der Waals surface area contributed by atoms with Gasteiger partial charge < -0.3 is 15.8 Å². The Hall–Kier alpha value is -3.13. The lowest BCUT2D eigenvalue weighted by Crippen LogP contribution is -2.21. The van der Waals surface area contributed by atoms with Crippen LogP contribution in [0.1, 0.15) is 15.9 Å². The zero-order valence-electron chi connectivity index (χ0n) is 12.9. The number of hydrogen-bond donors (Lipinski definition) is 2. The number of amides is 1. The lowest BCUT2D eigenvalue weighted by atomic mass is 10.1. The van der Waals surface area contributed by atoms with Gasteiger partial charge in [-0.1, -0.05) is 29.8 Å². The third-order valence-corrected chi connectivity index (χ3v) is 3.58. The molecule has 0 bridgehead atoms. The van der Waals surface area contributed by atoms with Crippen molar-refractivity contribution in [3.8, 4) is 0 Å². The van der Waals surface area contributed by atoms with Crippen LogP contribution in [0.2, 0.25) is 5.02 Å². The first-order chi connectivity index (χ1) is 11.9. The van der Waals surface area contributed by atoms with Gasteiger partial charge in [-0.05, 0) is 17.7 Å². The third kappa shape index (κ3) is 4.92. The predicted octanol–water partition coefficient (Wildman–Crippen LogP) is 2.50. The average molecular weight is 364 g/mol. The molecular formula is C16H14ClN3O5. The van der Waals surface area contributed by atoms with Gasteiger partial charge in [-0.2, -0.15) is 0 Å². The number of nitrogens with two attached hydrogens (primary N) is 1. The quantitative estimate of drug-likeness (QED) is 0.442. The molecule has 130 valence electrons. The lowest BCUT2D eigenvalue weighted by Gasteiger charge is -2.12. The van der Waals surface area contributed by atoms with Crippen LogP contribution in [0.5, 0.6) is 0 Å². The van der Waals surface area contributed by atoms with Crippen LogP contribution < -0.4 is 11.1 Å². The molecule has 1 amide bonds. The summed E-state index contributed by atoms with van der Waals surface area (Å²) in [7, 11) is 0. The number of anilines is 1. The number of carbonyl (C=O) groups excluding carboxylic acids is 2. The van der Waals surface area contributed by atoms with Gasteiger partial charge in [0.15, 0.2) is 6.61 Å². The van der Waals surface area contributed by atoms with E-state index >= 15 is 0 Å². The van der Waals surface area contributed by atoms with Crippen LogP contribution in [0.25, 0.3) is 0 Å². The van der Waals surface area contributed by atoms with E-state index < -0.39 is 23.4 Å². The second-order valence-electron chi connectivity index (χ2n) is 4.97. The lowest BCUT2D eigenvalue weighted by molar-refractivity contribution is -0.384. The van der Waals surface area contributed by atoms with E-state index in [1.807, 2.05) is 0 Å². The molecule has 0 heterocycles. The van der Waals surface area contributed by atoms with E-state index in [9.17, 15) is 19.7 Å². The van der Waals surface area contributed by atoms with Crippen molar-refractivity contribution in [3.63, 3.8) is 0 Å². The van der Waals surface area contributed by atoms with Crippen LogP contribution in [0.4, 0.5) is 11.4 Å². The molecule has 0 spiro atoms. The molecule has 0 fully saturated rings. The van der Waals surface area contributed by atoms with E-state index in [4.69, 9.17) is 22.1 Å². The average Bonchev–Trinajstić information content (AvgIpc) is 2.58. The minimum atomic E-state index is -0.899. The minimum Gasteiger partial charge on any atom is -0.452 e. The summed E-state index contributed by atoms with van der Waals surface area (Å²) in [6.07, 6.45) is 0. The van der Waals surface area contributed by atoms with E-state index in [0.29, 0.717) is 10.7 Å². The monoisotopic (exact) mass is 363 g/mol. The zero-order valence-corrected chi connectivity index (χ0v) is 13.7. The molecule has 25 heavy (non-hydrogen) atoms. The standard InChI is InChI=1S/C16H14ClN3O5/c17-13-4-2-1-3-10(13)8-19-14-6-5-11(20(23)24)7-12(14)16(22)25-9-15(18)21/h1-7,19H,8-9H2,(H2,18,21). The van der Waals surface area contributed by atoms with E-state index in [1.54, 1.807) is 24.3 Å². The largest absolute Gasteiger partial charge is 0.452 e. The number of nitro benzene ring substituents is 1. The molecule has 0 atom stereocenters. The Morgan fingerprint density at radius 1 is 1.24 bits per heavy atom. The summed E-state index contributed by atoms with van der Waals surface area (Å²) in [4.78, 5) is 33.1. The van der Waals surface area contributed by atoms with E-state index in [1.165, 1.54) is 12.1 Å². The van der Waals surface area contributed by atoms with Gasteiger partial charge in [-0.25, -0.2) is 4.79 Å². The fourth-order valence-electron chi connectivity index (χ4n) is 2.02. The first kappa shape index (κ1) is 18.2. The van der Waals surface area contributed by atoms with Gasteiger partial charge in [0.05, 0.1) is 10.5 Å². The number of ether oxygens (including phenoxy) is 1. The van der Waals surface area contributed by atoms with Crippen molar-refractivity contribution in [3.05, 3.63) is 68.7 Å². The Kier molecular flexibility index (Phi) is 5.91. The zero-order chi connectivity index (χ0) is 18.4. The Morgan fingerprint density at radius 2 is 1.96 bits per heavy atom. The summed E-state index contributed by atoms with van der Waals surface area (Å²) >= 11 is 6.07. The number of carbonyl (C=O) groups is 2. The predicted molar refractivity (Wildman–Crippen MR) is 91.4 cm³/mol. The maximum atomic E-state index is 12.1. The minimum absolute atomic E-state index is 0.0810. The molecule has 0 aliphatic heterocycles. The van der Waals surface area contributed by atoms with Gasteiger partial charge in [0.1, 0.15) is 0 Å². The Labute approximate surface area is 147 Å². The van der Waals surface area contributed by atoms with Gasteiger partial charge in [0, 0.05) is 29.4 Å². The molecule has 3 N–H and O–H groups in total. The van der Waals surface area contributed by atoms with Gasteiger partial charge in [0.2, 0.25) is 0 Å². The van der Waals surface area contributed by atoms with E-state index in [-0.39, 0.29) is 17.8 Å². The maximum absolute atomic E-state index is 12.1. The number of hydrogen-bond acceptors (Lipinski definition) is 6. The highest BCUT2D eigenvalue weighted by Gasteiger charge is 2.18. The fourth-order valence-corrected chi connectivity index (χ4v) is 2.22. The Morgan fingerprint density at radius 3 is 2.60 bits per heavy atom. The third-order valence-electron chi connectivity index (χ3n) is 3.21. The van der Waals surface area contributed by atoms with Crippen molar-refractivity contribution in [2.24, 2.45) is 5.73 Å². The van der Waals surface area contributed by atoms with Crippen LogP contribution in [0, 0.1) is 10.1 Å². The topological polar surface area (TPSA) is 125 Å². The van der Waals surface area contributed by atoms with Gasteiger partial charge in [0.25, 0.3) is 11.6 Å². The second kappa shape index (κ2) is 8.11. The fraction of sp³-hybridized carbons (Fsp3) is 0.125. The summed E-state index contributed by atoms with van der Waals surface area (Å²) < 4.78 is 4.74. The summed E-state index contributed by atoms with van der Waals surface area (Å²) in [5.74, 6) is -1.73. The summed E-state index contributed by atoms with van der Waals surface area (Å²) in [6.45, 7) is -0.334. The maximum Gasteiger partial charge on any atom is 0.341 e. The second-order valence-corrected chi connectivity index (χ2v) is 5.38. The summed E-state index contributed by atoms with van der Waals surface area (Å²) in [6, 6.07) is 10.8. The number of primary amides is 1. The summed E-state index contributed by atoms with van der Waals surface area (Å²) in [5, 5.41) is 14.4. The van der Waals surface area contributed by atoms with Gasteiger partial charge in [-0.3, -0.25) is 14.9 Å². The summed E-state index contributed by atoms with van der Waals surface area (Å²) in [5.41, 5.74) is 5.65. The number of nitrogens with zero attached hydrogens (tertiary/aromatic N) is 1. The number of halogens is 1. The van der Waals surface area contributed by atoms with Crippen LogP contribution in [0.3, 0.4) is 0 Å². The molecule has 9 heteroatoms. The number of esters is 1. The molecular weight excluding hydrogens is 350 g/mol. The number of nitrogens with one attached hydrogen (secondary N) is 1. The molecule has 0 radical (unpaired) electrons. The van der Waals surface area contributed by atoms with Gasteiger partial charge >= 0.3 is 5.97 Å². The van der Waals surface area contributed by atoms with Crippen LogP contribution >= 0.6 is 11.6 Å². The van der Waals surface area contributed by atoms with Crippen LogP contribution in [-0.2, 0) is 16.1 Å². The van der Waals surface area contributed by atoms with Crippen molar-refractivity contribution < 1.29 is 19.2 Å². The highest BCUT2D eigenvalue weighted by atomic mass is 35.5. The number of benzene rings is 2. The van der Waals surface area contributed by atoms with E-state index in [2.05, 4.69) is 5.32 Å². The smallest absolute Gasteiger partial charge is 0.341 e. The highest BCUT2D eigenvalue weighted by molar-refractivity contribution is 6.31. The Bertz CT molecular complexity index is 825. The van der Waals surface area contributed by atoms with Crippen molar-refractivity contribution >= 4 is 34.9 Å². The molecule has 8 nitrogen and oxygen atoms in total. The molecule has 2 aromatic rings. The van der Waals surface area contributed by atoms with Gasteiger partial charge in [-0.15, -0.1) is 0 Å².